The van der Waals surface area contributed by atoms with Gasteiger partial charge in [-0.2, -0.15) is 0 Å². The van der Waals surface area contributed by atoms with Gasteiger partial charge in [0.05, 0.1) is 0 Å². The molecule has 0 aliphatic heterocycles. The van der Waals surface area contributed by atoms with Crippen LogP contribution in [-0.2, 0) is 32.1 Å². The number of aryl methyl sites for hydroxylation is 2. The molecular weight excluding hydrogens is 516 g/mol. The summed E-state index contributed by atoms with van der Waals surface area (Å²) in [6.07, 6.45) is 10.5. The van der Waals surface area contributed by atoms with Gasteiger partial charge in [-0.3, -0.25) is 0 Å². The number of rotatable bonds is 0. The van der Waals surface area contributed by atoms with Crippen molar-refractivity contribution in [2.45, 2.75) is 111 Å². The van der Waals surface area contributed by atoms with Crippen LogP contribution in [0.2, 0.25) is 0 Å². The number of hydrogen-bond donors (Lipinski definition) is 0. The van der Waals surface area contributed by atoms with Crippen molar-refractivity contribution >= 4 is 0 Å². The molecule has 0 N–H and O–H groups in total. The summed E-state index contributed by atoms with van der Waals surface area (Å²) >= 11 is 0. The van der Waals surface area contributed by atoms with Gasteiger partial charge < -0.3 is 0 Å². The van der Waals surface area contributed by atoms with Crippen molar-refractivity contribution in [3.8, 4) is 0 Å². The summed E-state index contributed by atoms with van der Waals surface area (Å²) in [7, 11) is 0. The molecule has 0 heteroatoms. The quantitative estimate of drug-likeness (QED) is 0.193. The van der Waals surface area contributed by atoms with Crippen molar-refractivity contribution in [1.82, 2.24) is 0 Å². The molecule has 3 unspecified atom stereocenters. The van der Waals surface area contributed by atoms with E-state index in [0.29, 0.717) is 11.3 Å². The standard InChI is InChI=1S/C12H16.C11H14.2C10H12.4H2/c1-9-11-7-5-4-6-10(11)8-12(9,2)3;1-9-5-4-7-10-6-2-3-8-11(9)10;1-8-6-9-4-2-3-5-10(9)7-8;1-8-6-7-9-4-2-3-5-10(8)9;;;;/h4-7,9H,8H2,1-3H3;2-3,6,8-9H,4-5,7H2,1H3;2*2-5,8H,6-7H2,1H3;4*1H/i;;;;4*1+1. The summed E-state index contributed by atoms with van der Waals surface area (Å²) in [6, 6.07) is 35.2. The number of fused-ring (bicyclic) bond motifs is 4. The van der Waals surface area contributed by atoms with Crippen LogP contribution < -0.4 is 0 Å². The molecule has 0 nitrogen and oxygen atoms in total. The fraction of sp³-hybridized carbons (Fsp3) is 0.442. The highest BCUT2D eigenvalue weighted by atomic mass is 14.4. The maximum Gasteiger partial charge on any atom is 0 e. The van der Waals surface area contributed by atoms with Crippen LogP contribution in [0.4, 0.5) is 0 Å². The molecule has 0 fully saturated rings. The van der Waals surface area contributed by atoms with E-state index in [-0.39, 0.29) is 5.71 Å². The molecule has 0 spiro atoms. The summed E-state index contributed by atoms with van der Waals surface area (Å²) in [6.45, 7) is 14.0. The van der Waals surface area contributed by atoms with Gasteiger partial charge in [0.15, 0.2) is 0 Å². The highest BCUT2D eigenvalue weighted by molar-refractivity contribution is 5.37. The maximum atomic E-state index is 2.36. The molecule has 3 atom stereocenters. The predicted molar refractivity (Wildman–Crippen MR) is 195 cm³/mol. The zero-order chi connectivity index (χ0) is 30.4. The molecule has 0 saturated carbocycles. The smallest absolute Gasteiger partial charge is 0 e. The second kappa shape index (κ2) is 14.1. The number of benzene rings is 4. The van der Waals surface area contributed by atoms with Gasteiger partial charge in [-0.25, -0.2) is 0 Å². The third kappa shape index (κ3) is 7.70. The average Bonchev–Trinajstić information content (AvgIpc) is 3.66. The molecule has 0 bridgehead atoms. The Hall–Kier alpha value is -3.12. The van der Waals surface area contributed by atoms with E-state index in [4.69, 9.17) is 0 Å². The Morgan fingerprint density at radius 3 is 1.47 bits per heavy atom. The van der Waals surface area contributed by atoms with E-state index in [1.807, 2.05) is 0 Å². The molecule has 0 amide bonds. The first-order valence-electron chi connectivity index (χ1n) is 17.0. The second-order valence-corrected chi connectivity index (χ2v) is 14.5. The van der Waals surface area contributed by atoms with E-state index >= 15 is 0 Å². The Bertz CT molecular complexity index is 1470. The van der Waals surface area contributed by atoms with Gasteiger partial charge >= 0.3 is 0 Å². The molecule has 0 aromatic heterocycles. The Morgan fingerprint density at radius 1 is 0.512 bits per heavy atom. The molecule has 4 aromatic rings. The third-order valence-electron chi connectivity index (χ3n) is 10.7. The second-order valence-electron chi connectivity index (χ2n) is 14.5. The van der Waals surface area contributed by atoms with Gasteiger partial charge in [0, 0.05) is 5.71 Å². The Labute approximate surface area is 268 Å². The Balaban J connectivity index is 0.000000305. The molecule has 4 aliphatic rings. The van der Waals surface area contributed by atoms with E-state index in [1.165, 1.54) is 51.4 Å². The van der Waals surface area contributed by atoms with E-state index in [1.54, 1.807) is 44.5 Å². The van der Waals surface area contributed by atoms with Gasteiger partial charge in [-0.05, 0) is 125 Å². The van der Waals surface area contributed by atoms with Crippen molar-refractivity contribution in [2.75, 3.05) is 0 Å². The lowest BCUT2D eigenvalue weighted by Gasteiger charge is -2.23. The van der Waals surface area contributed by atoms with Crippen LogP contribution in [0.15, 0.2) is 97.1 Å². The lowest BCUT2D eigenvalue weighted by Crippen LogP contribution is -2.14. The van der Waals surface area contributed by atoms with Gasteiger partial charge in [0.2, 0.25) is 0 Å². The molecule has 234 valence electrons. The van der Waals surface area contributed by atoms with E-state index in [2.05, 4.69) is 139 Å². The molecule has 4 aromatic carbocycles. The highest BCUT2D eigenvalue weighted by Crippen LogP contribution is 2.46. The van der Waals surface area contributed by atoms with Crippen LogP contribution in [-0.4, -0.2) is 0 Å². The monoisotopic (exact) mass is 583 g/mol. The maximum absolute atomic E-state index is 2.36. The molecular formula is C43H62. The van der Waals surface area contributed by atoms with E-state index in [9.17, 15) is 0 Å². The predicted octanol–water partition coefficient (Wildman–Crippen LogP) is 12.6. The SMILES string of the molecule is CC1CCCc2ccccc21.CC1CCc2ccccc21.CC1Cc2ccccc2C1.CC1c2ccccc2CC1(C)C.[2HH].[2HH].[2HH].[2HH]. The zero-order valence-corrected chi connectivity index (χ0v) is 27.7. The summed E-state index contributed by atoms with van der Waals surface area (Å²) in [5.41, 5.74) is 13.0. The molecule has 0 saturated heterocycles. The summed E-state index contributed by atoms with van der Waals surface area (Å²) in [5, 5.41) is 0. The van der Waals surface area contributed by atoms with E-state index < -0.39 is 0 Å². The first kappa shape index (κ1) is 31.3. The zero-order valence-electron chi connectivity index (χ0n) is 27.7. The average molecular weight is 583 g/mol. The van der Waals surface area contributed by atoms with Gasteiger partial charge in [0.1, 0.15) is 0 Å². The highest BCUT2D eigenvalue weighted by Gasteiger charge is 2.35. The molecule has 4 aliphatic carbocycles. The normalized spacial score (nSPS) is 22.2. The Kier molecular flexibility index (Phi) is 10.3. The summed E-state index contributed by atoms with van der Waals surface area (Å²) < 4.78 is 0. The molecule has 0 heterocycles. The largest absolute Gasteiger partial charge is 0.0620 e. The molecule has 0 radical (unpaired) electrons. The van der Waals surface area contributed by atoms with Crippen LogP contribution in [0.3, 0.4) is 0 Å². The Morgan fingerprint density at radius 2 is 0.953 bits per heavy atom. The summed E-state index contributed by atoms with van der Waals surface area (Å²) in [5.74, 6) is 3.18. The lowest BCUT2D eigenvalue weighted by atomic mass is 9.81. The van der Waals surface area contributed by atoms with Crippen molar-refractivity contribution in [3.05, 3.63) is 142 Å². The van der Waals surface area contributed by atoms with Crippen molar-refractivity contribution in [2.24, 2.45) is 11.3 Å². The van der Waals surface area contributed by atoms with Crippen LogP contribution in [0.1, 0.15) is 129 Å². The van der Waals surface area contributed by atoms with Gasteiger partial charge in [0.25, 0.3) is 0 Å². The van der Waals surface area contributed by atoms with Crippen molar-refractivity contribution < 1.29 is 5.71 Å². The van der Waals surface area contributed by atoms with Gasteiger partial charge in [-0.15, -0.1) is 0 Å². The minimum absolute atomic E-state index is 0. The van der Waals surface area contributed by atoms with Crippen LogP contribution >= 0.6 is 0 Å². The first-order valence-corrected chi connectivity index (χ1v) is 17.0. The van der Waals surface area contributed by atoms with E-state index in [0.717, 1.165) is 17.8 Å². The minimum Gasteiger partial charge on any atom is -0.0620 e. The lowest BCUT2D eigenvalue weighted by molar-refractivity contribution is 0.330. The fourth-order valence-electron chi connectivity index (χ4n) is 7.73. The van der Waals surface area contributed by atoms with Gasteiger partial charge in [-0.1, -0.05) is 139 Å². The van der Waals surface area contributed by atoms with Crippen molar-refractivity contribution in [1.29, 1.82) is 0 Å². The first-order chi connectivity index (χ1) is 20.7. The van der Waals surface area contributed by atoms with Crippen LogP contribution in [0.25, 0.3) is 0 Å². The van der Waals surface area contributed by atoms with Crippen LogP contribution in [0, 0.1) is 11.3 Å². The molecule has 8 rings (SSSR count). The summed E-state index contributed by atoms with van der Waals surface area (Å²) in [4.78, 5) is 0. The van der Waals surface area contributed by atoms with Crippen molar-refractivity contribution in [3.63, 3.8) is 0 Å². The van der Waals surface area contributed by atoms with Crippen LogP contribution in [0.5, 0.6) is 0 Å². The third-order valence-corrected chi connectivity index (χ3v) is 10.7. The minimum atomic E-state index is 0. The number of hydrogen-bond acceptors (Lipinski definition) is 0. The molecule has 43 heavy (non-hydrogen) atoms. The fourth-order valence-corrected chi connectivity index (χ4v) is 7.73. The topological polar surface area (TPSA) is 0 Å².